The highest BCUT2D eigenvalue weighted by molar-refractivity contribution is 4.96. The molecule has 2 nitrogen and oxygen atoms in total. The molecule has 5 atom stereocenters. The monoisotopic (exact) mass is 237 g/mol. The molecule has 0 aromatic rings. The summed E-state index contributed by atoms with van der Waals surface area (Å²) >= 11 is 0. The van der Waals surface area contributed by atoms with Crippen molar-refractivity contribution in [1.82, 2.24) is 5.32 Å². The molecular formula is C15H27NO. The molecular weight excluding hydrogens is 210 g/mol. The zero-order valence-electron chi connectivity index (χ0n) is 11.1. The molecule has 2 heteroatoms. The van der Waals surface area contributed by atoms with Crippen LogP contribution in [0.25, 0.3) is 0 Å². The van der Waals surface area contributed by atoms with E-state index in [2.05, 4.69) is 12.2 Å². The van der Waals surface area contributed by atoms with Crippen molar-refractivity contribution in [3.05, 3.63) is 0 Å². The Kier molecular flexibility index (Phi) is 3.20. The van der Waals surface area contributed by atoms with Crippen molar-refractivity contribution in [2.75, 3.05) is 6.54 Å². The number of nitrogens with one attached hydrogen (secondary N) is 1. The third-order valence-corrected chi connectivity index (χ3v) is 5.50. The molecule has 0 spiro atoms. The van der Waals surface area contributed by atoms with Crippen molar-refractivity contribution in [2.45, 2.75) is 69.9 Å². The van der Waals surface area contributed by atoms with E-state index in [1.165, 1.54) is 38.5 Å². The molecule has 0 amide bonds. The summed E-state index contributed by atoms with van der Waals surface area (Å²) in [7, 11) is 0. The van der Waals surface area contributed by atoms with E-state index in [4.69, 9.17) is 0 Å². The molecule has 17 heavy (non-hydrogen) atoms. The van der Waals surface area contributed by atoms with Gasteiger partial charge in [0, 0.05) is 12.6 Å². The number of hydrogen-bond donors (Lipinski definition) is 2. The molecule has 3 saturated carbocycles. The molecule has 2 bridgehead atoms. The summed E-state index contributed by atoms with van der Waals surface area (Å²) in [4.78, 5) is 0. The van der Waals surface area contributed by atoms with E-state index >= 15 is 0 Å². The maximum Gasteiger partial charge on any atom is 0.0774 e. The van der Waals surface area contributed by atoms with E-state index in [0.717, 1.165) is 37.3 Å². The largest absolute Gasteiger partial charge is 0.389 e. The van der Waals surface area contributed by atoms with E-state index in [9.17, 15) is 5.11 Å². The van der Waals surface area contributed by atoms with Gasteiger partial charge in [-0.05, 0) is 49.9 Å². The van der Waals surface area contributed by atoms with Crippen molar-refractivity contribution in [3.8, 4) is 0 Å². The second-order valence-corrected chi connectivity index (χ2v) is 7.09. The van der Waals surface area contributed by atoms with Crippen LogP contribution >= 0.6 is 0 Å². The maximum atomic E-state index is 10.6. The summed E-state index contributed by atoms with van der Waals surface area (Å²) in [5, 5.41) is 14.3. The number of rotatable bonds is 3. The first kappa shape index (κ1) is 12.0. The summed E-state index contributed by atoms with van der Waals surface area (Å²) < 4.78 is 0. The maximum absolute atomic E-state index is 10.6. The van der Waals surface area contributed by atoms with Crippen LogP contribution < -0.4 is 5.32 Å². The Balaban J connectivity index is 1.50. The molecule has 3 aliphatic carbocycles. The standard InChI is InChI=1S/C15H27NO/c1-11-3-2-6-15(17,9-11)10-16-14-8-12-4-5-13(14)7-12/h11-14,16-17H,2-10H2,1H3. The number of hydrogen-bond acceptors (Lipinski definition) is 2. The van der Waals surface area contributed by atoms with Crippen molar-refractivity contribution in [3.63, 3.8) is 0 Å². The Hall–Kier alpha value is -0.0800. The van der Waals surface area contributed by atoms with Gasteiger partial charge in [0.2, 0.25) is 0 Å². The van der Waals surface area contributed by atoms with Crippen molar-refractivity contribution < 1.29 is 5.11 Å². The highest BCUT2D eigenvalue weighted by Gasteiger charge is 2.41. The summed E-state index contributed by atoms with van der Waals surface area (Å²) in [6.45, 7) is 3.12. The predicted octanol–water partition coefficient (Wildman–Crippen LogP) is 2.71. The Morgan fingerprint density at radius 3 is 2.76 bits per heavy atom. The number of aliphatic hydroxyl groups is 1. The van der Waals surface area contributed by atoms with Gasteiger partial charge in [0.15, 0.2) is 0 Å². The minimum atomic E-state index is -0.403. The highest BCUT2D eigenvalue weighted by Crippen LogP contribution is 2.44. The lowest BCUT2D eigenvalue weighted by molar-refractivity contribution is -0.0149. The fourth-order valence-electron chi connectivity index (χ4n) is 4.61. The van der Waals surface area contributed by atoms with Crippen LogP contribution in [0.3, 0.4) is 0 Å². The first-order valence-corrected chi connectivity index (χ1v) is 7.60. The molecule has 5 unspecified atom stereocenters. The summed E-state index contributed by atoms with van der Waals surface area (Å²) in [5.41, 5.74) is -0.403. The highest BCUT2D eigenvalue weighted by atomic mass is 16.3. The topological polar surface area (TPSA) is 32.3 Å². The summed E-state index contributed by atoms with van der Waals surface area (Å²) in [6.07, 6.45) is 10.2. The molecule has 3 fully saturated rings. The summed E-state index contributed by atoms with van der Waals surface area (Å²) in [6, 6.07) is 0.718. The molecule has 0 saturated heterocycles. The van der Waals surface area contributed by atoms with Gasteiger partial charge in [-0.1, -0.05) is 26.2 Å². The van der Waals surface area contributed by atoms with Gasteiger partial charge < -0.3 is 10.4 Å². The molecule has 0 heterocycles. The second-order valence-electron chi connectivity index (χ2n) is 7.09. The van der Waals surface area contributed by atoms with Crippen molar-refractivity contribution in [2.24, 2.45) is 17.8 Å². The SMILES string of the molecule is CC1CCCC(O)(CNC2CC3CCC2C3)C1. The van der Waals surface area contributed by atoms with Gasteiger partial charge in [0.05, 0.1) is 5.60 Å². The zero-order valence-corrected chi connectivity index (χ0v) is 11.1. The van der Waals surface area contributed by atoms with Crippen LogP contribution in [0.5, 0.6) is 0 Å². The predicted molar refractivity (Wildman–Crippen MR) is 69.8 cm³/mol. The Morgan fingerprint density at radius 1 is 1.24 bits per heavy atom. The fraction of sp³-hybridized carbons (Fsp3) is 1.00. The van der Waals surface area contributed by atoms with E-state index < -0.39 is 5.60 Å². The van der Waals surface area contributed by atoms with Crippen LogP contribution in [0.4, 0.5) is 0 Å². The Morgan fingerprint density at radius 2 is 2.12 bits per heavy atom. The lowest BCUT2D eigenvalue weighted by Crippen LogP contribution is -2.48. The van der Waals surface area contributed by atoms with Gasteiger partial charge in [-0.25, -0.2) is 0 Å². The molecule has 0 aliphatic heterocycles. The van der Waals surface area contributed by atoms with Gasteiger partial charge in [-0.2, -0.15) is 0 Å². The lowest BCUT2D eigenvalue weighted by Gasteiger charge is -2.37. The van der Waals surface area contributed by atoms with E-state index in [-0.39, 0.29) is 0 Å². The van der Waals surface area contributed by atoms with E-state index in [0.29, 0.717) is 5.92 Å². The van der Waals surface area contributed by atoms with Gasteiger partial charge >= 0.3 is 0 Å². The third kappa shape index (κ3) is 2.53. The first-order valence-electron chi connectivity index (χ1n) is 7.60. The smallest absolute Gasteiger partial charge is 0.0774 e. The van der Waals surface area contributed by atoms with Crippen LogP contribution in [0.1, 0.15) is 58.3 Å². The van der Waals surface area contributed by atoms with E-state index in [1.807, 2.05) is 0 Å². The molecule has 0 aromatic carbocycles. The Labute approximate surface area is 105 Å². The van der Waals surface area contributed by atoms with Crippen LogP contribution in [0.15, 0.2) is 0 Å². The van der Waals surface area contributed by atoms with Crippen LogP contribution in [0.2, 0.25) is 0 Å². The molecule has 2 N–H and O–H groups in total. The van der Waals surface area contributed by atoms with Gasteiger partial charge in [0.1, 0.15) is 0 Å². The molecule has 0 aromatic heterocycles. The van der Waals surface area contributed by atoms with Gasteiger partial charge in [0.25, 0.3) is 0 Å². The normalized spacial score (nSPS) is 49.8. The molecule has 3 rings (SSSR count). The molecule has 98 valence electrons. The number of fused-ring (bicyclic) bond motifs is 2. The second kappa shape index (κ2) is 4.55. The van der Waals surface area contributed by atoms with Crippen LogP contribution in [0, 0.1) is 17.8 Å². The molecule has 0 radical (unpaired) electrons. The fourth-order valence-corrected chi connectivity index (χ4v) is 4.61. The average Bonchev–Trinajstić information content (AvgIpc) is 2.88. The average molecular weight is 237 g/mol. The summed E-state index contributed by atoms with van der Waals surface area (Å²) in [5.74, 6) is 2.62. The quantitative estimate of drug-likeness (QED) is 0.791. The minimum Gasteiger partial charge on any atom is -0.389 e. The zero-order chi connectivity index (χ0) is 11.9. The van der Waals surface area contributed by atoms with Gasteiger partial charge in [-0.15, -0.1) is 0 Å². The van der Waals surface area contributed by atoms with E-state index in [1.54, 1.807) is 0 Å². The Bertz CT molecular complexity index is 280. The molecule has 3 aliphatic rings. The van der Waals surface area contributed by atoms with Crippen LogP contribution in [-0.4, -0.2) is 23.3 Å². The third-order valence-electron chi connectivity index (χ3n) is 5.50. The van der Waals surface area contributed by atoms with Crippen molar-refractivity contribution >= 4 is 0 Å². The minimum absolute atomic E-state index is 0.403. The lowest BCUT2D eigenvalue weighted by atomic mass is 9.78. The van der Waals surface area contributed by atoms with Crippen molar-refractivity contribution in [1.29, 1.82) is 0 Å². The first-order chi connectivity index (χ1) is 8.15. The van der Waals surface area contributed by atoms with Gasteiger partial charge in [-0.3, -0.25) is 0 Å². The van der Waals surface area contributed by atoms with Crippen LogP contribution in [-0.2, 0) is 0 Å².